The summed E-state index contributed by atoms with van der Waals surface area (Å²) in [5, 5.41) is 15.7. The van der Waals surface area contributed by atoms with E-state index in [4.69, 9.17) is 0 Å². The van der Waals surface area contributed by atoms with Crippen LogP contribution in [0.25, 0.3) is 0 Å². The Labute approximate surface area is 130 Å². The normalized spacial score (nSPS) is 18.7. The van der Waals surface area contributed by atoms with Crippen LogP contribution in [0.15, 0.2) is 24.3 Å². The van der Waals surface area contributed by atoms with E-state index in [-0.39, 0.29) is 12.6 Å². The van der Waals surface area contributed by atoms with Crippen molar-refractivity contribution in [2.24, 2.45) is 5.92 Å². The molecule has 0 aliphatic heterocycles. The van der Waals surface area contributed by atoms with Crippen molar-refractivity contribution in [2.75, 3.05) is 18.2 Å². The molecule has 0 unspecified atom stereocenters. The van der Waals surface area contributed by atoms with Crippen LogP contribution >= 0.6 is 11.8 Å². The van der Waals surface area contributed by atoms with E-state index >= 15 is 0 Å². The lowest BCUT2D eigenvalue weighted by Crippen LogP contribution is -2.52. The third-order valence-corrected chi connectivity index (χ3v) is 5.15. The van der Waals surface area contributed by atoms with Gasteiger partial charge in [0, 0.05) is 10.9 Å². The zero-order chi connectivity index (χ0) is 15.5. The van der Waals surface area contributed by atoms with Gasteiger partial charge in [-0.15, -0.1) is 0 Å². The lowest BCUT2D eigenvalue weighted by Gasteiger charge is -2.28. The van der Waals surface area contributed by atoms with Crippen molar-refractivity contribution < 1.29 is 9.90 Å². The first-order valence-electron chi connectivity index (χ1n) is 7.31. The lowest BCUT2D eigenvalue weighted by molar-refractivity contribution is 0.159. The zero-order valence-electron chi connectivity index (χ0n) is 12.8. The van der Waals surface area contributed by atoms with Gasteiger partial charge >= 0.3 is 6.03 Å². The molecule has 2 atom stereocenters. The number of thioether (sulfide) groups is 1. The minimum atomic E-state index is -0.520. The molecule has 116 valence electrons. The van der Waals surface area contributed by atoms with Crippen molar-refractivity contribution in [3.63, 3.8) is 0 Å². The van der Waals surface area contributed by atoms with Crippen LogP contribution in [0.1, 0.15) is 37.5 Å². The Morgan fingerprint density at radius 3 is 2.81 bits per heavy atom. The molecule has 0 spiro atoms. The number of aliphatic hydroxyl groups is 1. The second kappa shape index (κ2) is 6.71. The number of carbonyl (C=O) groups excluding carboxylic acids is 1. The predicted octanol–water partition coefficient (Wildman–Crippen LogP) is 3.39. The molecule has 1 saturated carbocycles. The molecule has 3 N–H and O–H groups in total. The highest BCUT2D eigenvalue weighted by atomic mass is 32.2. The topological polar surface area (TPSA) is 61.4 Å². The maximum atomic E-state index is 12.1. The Bertz CT molecular complexity index is 505. The molecule has 0 bridgehead atoms. The van der Waals surface area contributed by atoms with Crippen molar-refractivity contribution >= 4 is 23.5 Å². The molecule has 0 aromatic heterocycles. The molecule has 5 heteroatoms. The van der Waals surface area contributed by atoms with Crippen molar-refractivity contribution in [2.45, 2.75) is 37.5 Å². The van der Waals surface area contributed by atoms with Gasteiger partial charge in [-0.3, -0.25) is 0 Å². The van der Waals surface area contributed by atoms with Crippen LogP contribution in [0.3, 0.4) is 0 Å². The van der Waals surface area contributed by atoms with Crippen LogP contribution in [0.2, 0.25) is 0 Å². The molecule has 21 heavy (non-hydrogen) atoms. The standard InChI is InChI=1S/C16H24N2O2S/c1-11(21-3)12-5-4-6-14(9-12)17-15(20)18-16(2,10-19)13-7-8-13/h4-6,9,11,13,19H,7-8,10H2,1-3H3,(H2,17,18,20)/t11-,16+/m0/s1. The van der Waals surface area contributed by atoms with E-state index < -0.39 is 5.54 Å². The van der Waals surface area contributed by atoms with Crippen molar-refractivity contribution in [1.29, 1.82) is 0 Å². The summed E-state index contributed by atoms with van der Waals surface area (Å²) in [6, 6.07) is 7.63. The smallest absolute Gasteiger partial charge is 0.319 e. The first-order valence-corrected chi connectivity index (χ1v) is 8.60. The van der Waals surface area contributed by atoms with E-state index in [0.717, 1.165) is 18.5 Å². The van der Waals surface area contributed by atoms with E-state index in [9.17, 15) is 9.90 Å². The fraction of sp³-hybridized carbons (Fsp3) is 0.562. The van der Waals surface area contributed by atoms with Gasteiger partial charge < -0.3 is 15.7 Å². The molecule has 1 aliphatic carbocycles. The van der Waals surface area contributed by atoms with Gasteiger partial charge in [-0.05, 0) is 56.6 Å². The number of urea groups is 1. The first kappa shape index (κ1) is 16.2. The Hall–Kier alpha value is -1.20. The van der Waals surface area contributed by atoms with Crippen LogP contribution in [0.4, 0.5) is 10.5 Å². The van der Waals surface area contributed by atoms with Gasteiger partial charge in [0.25, 0.3) is 0 Å². The average molecular weight is 308 g/mol. The Morgan fingerprint density at radius 2 is 2.24 bits per heavy atom. The molecular formula is C16H24N2O2S. The zero-order valence-corrected chi connectivity index (χ0v) is 13.7. The van der Waals surface area contributed by atoms with Gasteiger partial charge in [0.15, 0.2) is 0 Å². The molecule has 2 rings (SSSR count). The van der Waals surface area contributed by atoms with Crippen LogP contribution in [-0.4, -0.2) is 29.5 Å². The van der Waals surface area contributed by atoms with Crippen molar-refractivity contribution in [3.05, 3.63) is 29.8 Å². The number of nitrogens with one attached hydrogen (secondary N) is 2. The highest BCUT2D eigenvalue weighted by Crippen LogP contribution is 2.39. The fourth-order valence-electron chi connectivity index (χ4n) is 2.42. The summed E-state index contributed by atoms with van der Waals surface area (Å²) in [5.41, 5.74) is 1.45. The Morgan fingerprint density at radius 1 is 1.52 bits per heavy atom. The number of anilines is 1. The summed E-state index contributed by atoms with van der Waals surface area (Å²) in [4.78, 5) is 12.1. The van der Waals surface area contributed by atoms with Crippen LogP contribution in [-0.2, 0) is 0 Å². The maximum absolute atomic E-state index is 12.1. The van der Waals surface area contributed by atoms with Crippen LogP contribution in [0, 0.1) is 5.92 Å². The summed E-state index contributed by atoms with van der Waals surface area (Å²) in [6.45, 7) is 4.00. The monoisotopic (exact) mass is 308 g/mol. The summed E-state index contributed by atoms with van der Waals surface area (Å²) in [7, 11) is 0. The molecule has 2 amide bonds. The second-order valence-electron chi connectivity index (χ2n) is 5.93. The minimum Gasteiger partial charge on any atom is -0.394 e. The van der Waals surface area contributed by atoms with Gasteiger partial charge in [-0.2, -0.15) is 11.8 Å². The average Bonchev–Trinajstić information content (AvgIpc) is 3.31. The van der Waals surface area contributed by atoms with E-state index in [1.165, 1.54) is 5.56 Å². The molecular weight excluding hydrogens is 284 g/mol. The molecule has 4 nitrogen and oxygen atoms in total. The number of carbonyl (C=O) groups is 1. The first-order chi connectivity index (χ1) is 9.98. The number of hydrogen-bond acceptors (Lipinski definition) is 3. The lowest BCUT2D eigenvalue weighted by atomic mass is 9.97. The van der Waals surface area contributed by atoms with Gasteiger partial charge in [0.2, 0.25) is 0 Å². The van der Waals surface area contributed by atoms with Gasteiger partial charge in [0.05, 0.1) is 12.1 Å². The van der Waals surface area contributed by atoms with Crippen LogP contribution in [0.5, 0.6) is 0 Å². The van der Waals surface area contributed by atoms with E-state index in [2.05, 4.69) is 29.9 Å². The van der Waals surface area contributed by atoms with Gasteiger partial charge in [-0.1, -0.05) is 12.1 Å². The van der Waals surface area contributed by atoms with E-state index in [1.807, 2.05) is 25.1 Å². The number of amides is 2. The number of hydrogen-bond donors (Lipinski definition) is 3. The number of aliphatic hydroxyl groups excluding tert-OH is 1. The Balaban J connectivity index is 1.99. The van der Waals surface area contributed by atoms with Crippen molar-refractivity contribution in [1.82, 2.24) is 5.32 Å². The fourth-order valence-corrected chi connectivity index (χ4v) is 2.84. The molecule has 1 aliphatic rings. The summed E-state index contributed by atoms with van der Waals surface area (Å²) in [6.07, 6.45) is 4.20. The molecule has 0 radical (unpaired) electrons. The van der Waals surface area contributed by atoms with Crippen LogP contribution < -0.4 is 10.6 Å². The third kappa shape index (κ3) is 4.14. The molecule has 0 saturated heterocycles. The molecule has 1 aromatic carbocycles. The van der Waals surface area contributed by atoms with Gasteiger partial charge in [0.1, 0.15) is 0 Å². The molecule has 1 fully saturated rings. The highest BCUT2D eigenvalue weighted by Gasteiger charge is 2.42. The summed E-state index contributed by atoms with van der Waals surface area (Å²) in [5.74, 6) is 0.385. The SMILES string of the molecule is CS[C@@H](C)c1cccc(NC(=O)N[C@](C)(CO)C2CC2)c1. The quantitative estimate of drug-likeness (QED) is 0.755. The largest absolute Gasteiger partial charge is 0.394 e. The summed E-state index contributed by atoms with van der Waals surface area (Å²) >= 11 is 1.77. The Kier molecular flexibility index (Phi) is 5.17. The highest BCUT2D eigenvalue weighted by molar-refractivity contribution is 7.98. The van der Waals surface area contributed by atoms with E-state index in [1.54, 1.807) is 11.8 Å². The third-order valence-electron chi connectivity index (χ3n) is 4.17. The minimum absolute atomic E-state index is 0.0331. The summed E-state index contributed by atoms with van der Waals surface area (Å²) < 4.78 is 0. The van der Waals surface area contributed by atoms with Gasteiger partial charge in [-0.25, -0.2) is 4.79 Å². The maximum Gasteiger partial charge on any atom is 0.319 e. The predicted molar refractivity (Wildman–Crippen MR) is 88.7 cm³/mol. The number of benzene rings is 1. The van der Waals surface area contributed by atoms with Crippen molar-refractivity contribution in [3.8, 4) is 0 Å². The molecule has 0 heterocycles. The van der Waals surface area contributed by atoms with E-state index in [0.29, 0.717) is 11.2 Å². The number of rotatable bonds is 6. The second-order valence-corrected chi connectivity index (χ2v) is 7.11. The molecule has 1 aromatic rings.